The van der Waals surface area contributed by atoms with Crippen LogP contribution < -0.4 is 0 Å². The highest BCUT2D eigenvalue weighted by Crippen LogP contribution is 2.43. The third kappa shape index (κ3) is 5.62. The largest absolute Gasteiger partial charge is 0.392 e. The van der Waals surface area contributed by atoms with Crippen LogP contribution in [0.2, 0.25) is 0 Å². The Morgan fingerprint density at radius 3 is 1.92 bits per heavy atom. The maximum Gasteiger partial charge on any atom is 0.0681 e. The molecule has 1 aliphatic carbocycles. The number of fused-ring (bicyclic) bond motifs is 1. The van der Waals surface area contributed by atoms with Gasteiger partial charge in [-0.05, 0) is 54.2 Å². The van der Waals surface area contributed by atoms with Gasteiger partial charge in [0, 0.05) is 0 Å². The molecule has 1 heteroatoms. The van der Waals surface area contributed by atoms with Crippen molar-refractivity contribution in [2.45, 2.75) is 109 Å². The number of benzene rings is 1. The van der Waals surface area contributed by atoms with E-state index in [4.69, 9.17) is 0 Å². The van der Waals surface area contributed by atoms with Gasteiger partial charge in [0.25, 0.3) is 0 Å². The summed E-state index contributed by atoms with van der Waals surface area (Å²) in [6.07, 6.45) is 16.3. The first-order valence-corrected chi connectivity index (χ1v) is 10.5. The fourth-order valence-corrected chi connectivity index (χ4v) is 4.40. The quantitative estimate of drug-likeness (QED) is 0.430. The number of aliphatic hydroxyl groups excluding tert-OH is 1. The molecular formula is C23H38O. The second-order valence-corrected chi connectivity index (χ2v) is 7.79. The predicted molar refractivity (Wildman–Crippen MR) is 105 cm³/mol. The molecule has 1 aromatic rings. The van der Waals surface area contributed by atoms with Gasteiger partial charge >= 0.3 is 0 Å². The van der Waals surface area contributed by atoms with E-state index in [0.29, 0.717) is 0 Å². The van der Waals surface area contributed by atoms with Crippen molar-refractivity contribution in [1.82, 2.24) is 0 Å². The SMILES string of the molecule is CCCCCCC1CCC(CCCCCC)c2cc(CO)ccc21. The van der Waals surface area contributed by atoms with Crippen LogP contribution in [0.1, 0.15) is 119 Å². The molecule has 2 unspecified atom stereocenters. The highest BCUT2D eigenvalue weighted by molar-refractivity contribution is 5.39. The van der Waals surface area contributed by atoms with Crippen molar-refractivity contribution in [2.75, 3.05) is 0 Å². The molecule has 0 aliphatic heterocycles. The minimum absolute atomic E-state index is 0.178. The minimum Gasteiger partial charge on any atom is -0.392 e. The molecule has 0 amide bonds. The van der Waals surface area contributed by atoms with Gasteiger partial charge in [0.05, 0.1) is 6.61 Å². The van der Waals surface area contributed by atoms with Crippen molar-refractivity contribution in [3.63, 3.8) is 0 Å². The molecule has 0 saturated carbocycles. The molecule has 0 fully saturated rings. The molecule has 0 heterocycles. The van der Waals surface area contributed by atoms with E-state index in [1.165, 1.54) is 77.0 Å². The average molecular weight is 331 g/mol. The topological polar surface area (TPSA) is 20.2 Å². The molecule has 0 saturated heterocycles. The second kappa shape index (κ2) is 10.9. The van der Waals surface area contributed by atoms with Gasteiger partial charge in [-0.2, -0.15) is 0 Å². The smallest absolute Gasteiger partial charge is 0.0681 e. The van der Waals surface area contributed by atoms with Gasteiger partial charge in [0.1, 0.15) is 0 Å². The Labute approximate surface area is 149 Å². The Balaban J connectivity index is 2.03. The van der Waals surface area contributed by atoms with Crippen molar-refractivity contribution in [3.05, 3.63) is 34.9 Å². The van der Waals surface area contributed by atoms with Crippen LogP contribution in [0.25, 0.3) is 0 Å². The molecule has 1 aromatic carbocycles. The third-order valence-electron chi connectivity index (χ3n) is 5.89. The Kier molecular flexibility index (Phi) is 8.88. The van der Waals surface area contributed by atoms with Crippen LogP contribution in [0.15, 0.2) is 18.2 Å². The van der Waals surface area contributed by atoms with Crippen LogP contribution in [-0.2, 0) is 6.61 Å². The van der Waals surface area contributed by atoms with Gasteiger partial charge in [0.15, 0.2) is 0 Å². The van der Waals surface area contributed by atoms with Crippen molar-refractivity contribution in [2.24, 2.45) is 0 Å². The lowest BCUT2D eigenvalue weighted by molar-refractivity contribution is 0.281. The lowest BCUT2D eigenvalue weighted by Gasteiger charge is -2.32. The lowest BCUT2D eigenvalue weighted by Crippen LogP contribution is -2.15. The highest BCUT2D eigenvalue weighted by Gasteiger charge is 2.26. The first-order valence-electron chi connectivity index (χ1n) is 10.5. The summed E-state index contributed by atoms with van der Waals surface area (Å²) < 4.78 is 0. The molecule has 136 valence electrons. The van der Waals surface area contributed by atoms with E-state index in [-0.39, 0.29) is 6.61 Å². The van der Waals surface area contributed by atoms with E-state index in [1.807, 2.05) is 0 Å². The number of aliphatic hydroxyl groups is 1. The van der Waals surface area contributed by atoms with E-state index in [0.717, 1.165) is 17.4 Å². The van der Waals surface area contributed by atoms with Crippen LogP contribution in [-0.4, -0.2) is 5.11 Å². The summed E-state index contributed by atoms with van der Waals surface area (Å²) in [5.74, 6) is 1.49. The van der Waals surface area contributed by atoms with Crippen LogP contribution in [0, 0.1) is 0 Å². The maximum absolute atomic E-state index is 9.54. The predicted octanol–water partition coefficient (Wildman–Crippen LogP) is 7.08. The van der Waals surface area contributed by atoms with Crippen molar-refractivity contribution >= 4 is 0 Å². The van der Waals surface area contributed by atoms with E-state index in [9.17, 15) is 5.11 Å². The van der Waals surface area contributed by atoms with E-state index < -0.39 is 0 Å². The zero-order chi connectivity index (χ0) is 17.2. The molecule has 1 nitrogen and oxygen atoms in total. The zero-order valence-electron chi connectivity index (χ0n) is 16.0. The summed E-state index contributed by atoms with van der Waals surface area (Å²) in [4.78, 5) is 0. The van der Waals surface area contributed by atoms with E-state index in [1.54, 1.807) is 11.1 Å². The Bertz CT molecular complexity index is 465. The van der Waals surface area contributed by atoms with Gasteiger partial charge in [-0.25, -0.2) is 0 Å². The summed E-state index contributed by atoms with van der Waals surface area (Å²) >= 11 is 0. The van der Waals surface area contributed by atoms with Crippen LogP contribution in [0.3, 0.4) is 0 Å². The second-order valence-electron chi connectivity index (χ2n) is 7.79. The maximum atomic E-state index is 9.54. The summed E-state index contributed by atoms with van der Waals surface area (Å²) in [6.45, 7) is 4.75. The van der Waals surface area contributed by atoms with Crippen molar-refractivity contribution in [3.8, 4) is 0 Å². The van der Waals surface area contributed by atoms with Crippen molar-refractivity contribution in [1.29, 1.82) is 0 Å². The number of hydrogen-bond donors (Lipinski definition) is 1. The summed E-state index contributed by atoms with van der Waals surface area (Å²) in [5.41, 5.74) is 4.28. The third-order valence-corrected chi connectivity index (χ3v) is 5.89. The number of rotatable bonds is 11. The van der Waals surface area contributed by atoms with Crippen LogP contribution in [0.4, 0.5) is 0 Å². The molecule has 0 radical (unpaired) electrons. The standard InChI is InChI=1S/C23H38O/c1-3-5-7-9-11-20-14-15-21(12-10-8-6-4-2)23-17-19(18-24)13-16-22(20)23/h13,16-17,20-21,24H,3-12,14-15,18H2,1-2H3. The summed E-state index contributed by atoms with van der Waals surface area (Å²) in [7, 11) is 0. The van der Waals surface area contributed by atoms with Crippen LogP contribution >= 0.6 is 0 Å². The fraction of sp³-hybridized carbons (Fsp3) is 0.739. The van der Waals surface area contributed by atoms with E-state index in [2.05, 4.69) is 32.0 Å². The molecular weight excluding hydrogens is 292 g/mol. The van der Waals surface area contributed by atoms with Crippen LogP contribution in [0.5, 0.6) is 0 Å². The highest BCUT2D eigenvalue weighted by atomic mass is 16.3. The van der Waals surface area contributed by atoms with Gasteiger partial charge in [-0.1, -0.05) is 83.4 Å². The Morgan fingerprint density at radius 2 is 1.38 bits per heavy atom. The van der Waals surface area contributed by atoms with E-state index >= 15 is 0 Å². The molecule has 24 heavy (non-hydrogen) atoms. The molecule has 2 atom stereocenters. The molecule has 0 aromatic heterocycles. The zero-order valence-corrected chi connectivity index (χ0v) is 16.0. The number of hydrogen-bond acceptors (Lipinski definition) is 1. The Hall–Kier alpha value is -0.820. The minimum atomic E-state index is 0.178. The van der Waals surface area contributed by atoms with Gasteiger partial charge in [-0.3, -0.25) is 0 Å². The molecule has 0 bridgehead atoms. The van der Waals surface area contributed by atoms with Gasteiger partial charge < -0.3 is 5.11 Å². The number of unbranched alkanes of at least 4 members (excludes halogenated alkanes) is 6. The molecule has 2 rings (SSSR count). The molecule has 0 spiro atoms. The fourth-order valence-electron chi connectivity index (χ4n) is 4.40. The van der Waals surface area contributed by atoms with Crippen molar-refractivity contribution < 1.29 is 5.11 Å². The van der Waals surface area contributed by atoms with Gasteiger partial charge in [0.2, 0.25) is 0 Å². The first-order chi connectivity index (χ1) is 11.8. The molecule has 1 N–H and O–H groups in total. The monoisotopic (exact) mass is 330 g/mol. The summed E-state index contributed by atoms with van der Waals surface area (Å²) in [5, 5.41) is 9.54. The summed E-state index contributed by atoms with van der Waals surface area (Å²) in [6, 6.07) is 6.80. The first kappa shape index (κ1) is 19.5. The normalized spacial score (nSPS) is 20.1. The van der Waals surface area contributed by atoms with Gasteiger partial charge in [-0.15, -0.1) is 0 Å². The average Bonchev–Trinajstić information content (AvgIpc) is 2.62. The Morgan fingerprint density at radius 1 is 0.792 bits per heavy atom. The molecule has 1 aliphatic rings. The lowest BCUT2D eigenvalue weighted by atomic mass is 9.73.